The maximum absolute atomic E-state index is 13.3. The highest BCUT2D eigenvalue weighted by molar-refractivity contribution is 6.31. The Hall–Kier alpha value is -3.64. The zero-order chi connectivity index (χ0) is 21.5. The van der Waals surface area contributed by atoms with Crippen molar-refractivity contribution in [2.45, 2.75) is 19.4 Å². The number of aromatic amines is 1. The summed E-state index contributed by atoms with van der Waals surface area (Å²) >= 11 is 6.30. The number of aromatic nitrogens is 1. The van der Waals surface area contributed by atoms with E-state index in [1.807, 2.05) is 42.5 Å². The van der Waals surface area contributed by atoms with Crippen LogP contribution in [0.2, 0.25) is 5.02 Å². The summed E-state index contributed by atoms with van der Waals surface area (Å²) in [6.45, 7) is 1.45. The number of nitrogens with zero attached hydrogens (tertiary/aromatic N) is 2. The summed E-state index contributed by atoms with van der Waals surface area (Å²) < 4.78 is 5.54. The van der Waals surface area contributed by atoms with Crippen LogP contribution >= 0.6 is 11.6 Å². The first-order chi connectivity index (χ1) is 15.0. The maximum Gasteiger partial charge on any atom is 0.258 e. The van der Waals surface area contributed by atoms with Crippen molar-refractivity contribution >= 4 is 34.1 Å². The van der Waals surface area contributed by atoms with Crippen LogP contribution in [0.15, 0.2) is 81.2 Å². The number of benzene rings is 2. The molecule has 0 aliphatic carbocycles. The molecule has 0 radical (unpaired) electrons. The van der Waals surface area contributed by atoms with Crippen LogP contribution in [0.1, 0.15) is 30.7 Å². The summed E-state index contributed by atoms with van der Waals surface area (Å²) in [6, 6.07) is 18.2. The van der Waals surface area contributed by atoms with Gasteiger partial charge in [-0.2, -0.15) is 5.10 Å². The Bertz CT molecular complexity index is 1370. The molecule has 1 N–H and O–H groups in total. The number of halogens is 1. The van der Waals surface area contributed by atoms with Crippen molar-refractivity contribution in [2.75, 3.05) is 0 Å². The normalized spacial score (nSPS) is 16.0. The van der Waals surface area contributed by atoms with Gasteiger partial charge in [-0.15, -0.1) is 0 Å². The fourth-order valence-corrected chi connectivity index (χ4v) is 4.27. The largest absolute Gasteiger partial charge is 0.467 e. The van der Waals surface area contributed by atoms with Gasteiger partial charge >= 0.3 is 0 Å². The molecule has 7 heteroatoms. The third-order valence-electron chi connectivity index (χ3n) is 5.43. The Morgan fingerprint density at radius 2 is 1.94 bits per heavy atom. The highest BCUT2D eigenvalue weighted by atomic mass is 35.5. The average Bonchev–Trinajstić information content (AvgIpc) is 3.43. The Morgan fingerprint density at radius 1 is 1.13 bits per heavy atom. The molecule has 0 unspecified atom stereocenters. The minimum absolute atomic E-state index is 0.224. The second kappa shape index (κ2) is 7.56. The van der Waals surface area contributed by atoms with Gasteiger partial charge in [-0.1, -0.05) is 41.9 Å². The third kappa shape index (κ3) is 3.35. The number of nitrogens with one attached hydrogen (secondary N) is 1. The molecule has 4 aromatic rings. The molecule has 2 aromatic carbocycles. The summed E-state index contributed by atoms with van der Waals surface area (Å²) in [7, 11) is 0. The van der Waals surface area contributed by atoms with Crippen LogP contribution in [0.3, 0.4) is 0 Å². The monoisotopic (exact) mass is 431 g/mol. The van der Waals surface area contributed by atoms with Gasteiger partial charge in [0.15, 0.2) is 0 Å². The van der Waals surface area contributed by atoms with Crippen LogP contribution in [-0.2, 0) is 4.79 Å². The SMILES string of the molecule is CC(=O)N1N=C(c2c(-c3ccccc3)c3cc(Cl)ccc3[nH]c2=O)C[C@@H]1c1ccco1. The molecule has 1 amide bonds. The van der Waals surface area contributed by atoms with Crippen LogP contribution in [0.5, 0.6) is 0 Å². The summed E-state index contributed by atoms with van der Waals surface area (Å²) in [5.74, 6) is 0.397. The summed E-state index contributed by atoms with van der Waals surface area (Å²) in [6.07, 6.45) is 1.92. The van der Waals surface area contributed by atoms with E-state index in [-0.39, 0.29) is 11.5 Å². The van der Waals surface area contributed by atoms with Crippen molar-refractivity contribution in [3.05, 3.63) is 93.6 Å². The minimum Gasteiger partial charge on any atom is -0.467 e. The van der Waals surface area contributed by atoms with E-state index in [2.05, 4.69) is 10.1 Å². The smallest absolute Gasteiger partial charge is 0.258 e. The van der Waals surface area contributed by atoms with Crippen molar-refractivity contribution in [1.29, 1.82) is 0 Å². The Morgan fingerprint density at radius 3 is 2.65 bits per heavy atom. The number of hydrogen-bond donors (Lipinski definition) is 1. The van der Waals surface area contributed by atoms with E-state index in [4.69, 9.17) is 16.0 Å². The average molecular weight is 432 g/mol. The van der Waals surface area contributed by atoms with Gasteiger partial charge in [0.25, 0.3) is 5.56 Å². The second-order valence-corrected chi connectivity index (χ2v) is 7.84. The van der Waals surface area contributed by atoms with E-state index < -0.39 is 6.04 Å². The van der Waals surface area contributed by atoms with Crippen LogP contribution in [0.25, 0.3) is 22.0 Å². The van der Waals surface area contributed by atoms with E-state index in [1.165, 1.54) is 11.9 Å². The number of pyridine rings is 1. The molecule has 0 spiro atoms. The molecule has 5 rings (SSSR count). The molecule has 1 atom stereocenters. The Labute approximate surface area is 182 Å². The number of carbonyl (C=O) groups excluding carboxylic acids is 1. The van der Waals surface area contributed by atoms with Gasteiger partial charge in [0, 0.05) is 34.8 Å². The van der Waals surface area contributed by atoms with Gasteiger partial charge in [0.1, 0.15) is 11.8 Å². The number of amides is 1. The Balaban J connectivity index is 1.77. The van der Waals surface area contributed by atoms with Crippen LogP contribution in [0.4, 0.5) is 0 Å². The first-order valence-corrected chi connectivity index (χ1v) is 10.2. The molecule has 0 fully saturated rings. The fourth-order valence-electron chi connectivity index (χ4n) is 4.10. The van der Waals surface area contributed by atoms with E-state index in [9.17, 15) is 9.59 Å². The topological polar surface area (TPSA) is 78.7 Å². The Kier molecular flexibility index (Phi) is 4.71. The minimum atomic E-state index is -0.402. The number of furan rings is 1. The lowest BCUT2D eigenvalue weighted by Gasteiger charge is -2.17. The number of H-pyrrole nitrogens is 1. The highest BCUT2D eigenvalue weighted by Crippen LogP contribution is 2.37. The lowest BCUT2D eigenvalue weighted by atomic mass is 9.92. The molecule has 0 saturated carbocycles. The first kappa shape index (κ1) is 19.3. The zero-order valence-corrected chi connectivity index (χ0v) is 17.4. The quantitative estimate of drug-likeness (QED) is 0.487. The molecule has 3 heterocycles. The third-order valence-corrected chi connectivity index (χ3v) is 5.67. The van der Waals surface area contributed by atoms with Crippen molar-refractivity contribution in [3.63, 3.8) is 0 Å². The van der Waals surface area contributed by atoms with Gasteiger partial charge in [-0.25, -0.2) is 5.01 Å². The molecule has 0 bridgehead atoms. The molecular formula is C24H18ClN3O3. The zero-order valence-electron chi connectivity index (χ0n) is 16.6. The van der Waals surface area contributed by atoms with E-state index in [0.29, 0.717) is 34.0 Å². The summed E-state index contributed by atoms with van der Waals surface area (Å²) in [4.78, 5) is 28.5. The molecule has 2 aromatic heterocycles. The molecular weight excluding hydrogens is 414 g/mol. The maximum atomic E-state index is 13.3. The van der Waals surface area contributed by atoms with E-state index >= 15 is 0 Å². The molecule has 1 aliphatic heterocycles. The van der Waals surface area contributed by atoms with Crippen molar-refractivity contribution in [3.8, 4) is 11.1 Å². The standard InChI is InChI=1S/C24H18ClN3O3/c1-14(29)28-20(21-8-5-11-31-21)13-19(27-28)23-22(15-6-3-2-4-7-15)17-12-16(25)9-10-18(17)26-24(23)30/h2-12,20H,13H2,1H3,(H,26,30)/t20-/m1/s1. The van der Waals surface area contributed by atoms with Crippen molar-refractivity contribution < 1.29 is 9.21 Å². The van der Waals surface area contributed by atoms with E-state index in [0.717, 1.165) is 16.5 Å². The number of hydrogen-bond acceptors (Lipinski definition) is 4. The number of fused-ring (bicyclic) bond motifs is 1. The summed E-state index contributed by atoms with van der Waals surface area (Å²) in [5, 5.41) is 7.31. The van der Waals surface area contributed by atoms with Gasteiger partial charge in [0.05, 0.1) is 17.5 Å². The molecule has 1 aliphatic rings. The fraction of sp³-hybridized carbons (Fsp3) is 0.125. The van der Waals surface area contributed by atoms with Crippen LogP contribution in [0, 0.1) is 0 Å². The van der Waals surface area contributed by atoms with Gasteiger partial charge in [0.2, 0.25) is 5.91 Å². The van der Waals surface area contributed by atoms with Crippen molar-refractivity contribution in [1.82, 2.24) is 9.99 Å². The lowest BCUT2D eigenvalue weighted by molar-refractivity contribution is -0.130. The van der Waals surface area contributed by atoms with Gasteiger partial charge in [-0.05, 0) is 35.9 Å². The molecule has 0 saturated heterocycles. The molecule has 6 nitrogen and oxygen atoms in total. The van der Waals surface area contributed by atoms with Gasteiger partial charge < -0.3 is 9.40 Å². The second-order valence-electron chi connectivity index (χ2n) is 7.41. The molecule has 154 valence electrons. The lowest BCUT2D eigenvalue weighted by Crippen LogP contribution is -2.23. The predicted octanol–water partition coefficient (Wildman–Crippen LogP) is 5.14. The van der Waals surface area contributed by atoms with Gasteiger partial charge in [-0.3, -0.25) is 9.59 Å². The number of carbonyl (C=O) groups is 1. The summed E-state index contributed by atoms with van der Waals surface area (Å²) in [5.41, 5.74) is 2.98. The molecule has 31 heavy (non-hydrogen) atoms. The van der Waals surface area contributed by atoms with Crippen LogP contribution in [-0.4, -0.2) is 21.6 Å². The highest BCUT2D eigenvalue weighted by Gasteiger charge is 2.35. The predicted molar refractivity (Wildman–Crippen MR) is 120 cm³/mol. The first-order valence-electron chi connectivity index (χ1n) is 9.85. The van der Waals surface area contributed by atoms with E-state index in [1.54, 1.807) is 24.5 Å². The number of hydrazone groups is 1. The van der Waals surface area contributed by atoms with Crippen LogP contribution < -0.4 is 5.56 Å². The number of rotatable bonds is 3. The van der Waals surface area contributed by atoms with Crippen molar-refractivity contribution in [2.24, 2.45) is 5.10 Å².